The second-order valence-electron chi connectivity index (χ2n) is 30.5. The van der Waals surface area contributed by atoms with Crippen LogP contribution in [0.2, 0.25) is 0 Å². The largest absolute Gasteiger partial charge is 0.311 e. The van der Waals surface area contributed by atoms with Crippen LogP contribution in [0.15, 0.2) is 146 Å². The molecule has 0 saturated heterocycles. The maximum atomic E-state index is 2.76. The summed E-state index contributed by atoms with van der Waals surface area (Å²) in [5.74, 6) is 0. The quantitative estimate of drug-likeness (QED) is 0.159. The van der Waals surface area contributed by atoms with Crippen LogP contribution in [0.1, 0.15) is 192 Å². The summed E-state index contributed by atoms with van der Waals surface area (Å²) in [6, 6.07) is 58.0. The highest BCUT2D eigenvalue weighted by Crippen LogP contribution is 2.59. The first kappa shape index (κ1) is 53.5. The molecule has 0 fully saturated rings. The van der Waals surface area contributed by atoms with Gasteiger partial charge < -0.3 is 14.7 Å². The standard InChI is InChI=1S/C77H86BN3/c1-47-25-19-23-29-61(47)79(62-30-24-20-26-48(62)2)51-32-35-59-64(44-51)81(63-36-34-55(72(6,7)8)69-68(63)52-27-21-22-28-53(52)77(69,17)18)67-42-49(71(3,4)5)41-66-70(67)78(59)60-45-57-58(76(15,16)40-39-75(57,13)14)46-65(60)80(66)50-31-33-54-56(43-50)74(11,12)38-37-73(54,9)10/h19-36,41-46H,37-40H2,1-18H3. The third-order valence-electron chi connectivity index (χ3n) is 20.7. The van der Waals surface area contributed by atoms with Crippen molar-refractivity contribution in [3.63, 3.8) is 0 Å². The molecule has 0 saturated carbocycles. The van der Waals surface area contributed by atoms with Crippen LogP contribution in [0, 0.1) is 13.8 Å². The summed E-state index contributed by atoms with van der Waals surface area (Å²) in [6.45, 7) is 43.8. The normalized spacial score (nSPS) is 18.2. The molecule has 3 nitrogen and oxygen atoms in total. The minimum absolute atomic E-state index is 0.00979. The predicted octanol–water partition coefficient (Wildman–Crippen LogP) is 19.5. The molecule has 0 aromatic heterocycles. The maximum Gasteiger partial charge on any atom is 0.252 e. The van der Waals surface area contributed by atoms with E-state index in [1.165, 1.54) is 135 Å². The van der Waals surface area contributed by atoms with Crippen LogP contribution in [0.5, 0.6) is 0 Å². The molecule has 81 heavy (non-hydrogen) atoms. The third-order valence-corrected chi connectivity index (χ3v) is 20.7. The third kappa shape index (κ3) is 8.02. The molecule has 0 atom stereocenters. The number of anilines is 9. The minimum atomic E-state index is -0.225. The Hall–Kier alpha value is -6.78. The molecule has 0 amide bonds. The highest BCUT2D eigenvalue weighted by Gasteiger charge is 2.50. The number of hydrogen-bond donors (Lipinski definition) is 0. The van der Waals surface area contributed by atoms with Crippen molar-refractivity contribution in [2.24, 2.45) is 0 Å². The number of aryl methyl sites for hydroxylation is 2. The van der Waals surface area contributed by atoms with Gasteiger partial charge in [-0.2, -0.15) is 0 Å². The molecule has 0 radical (unpaired) electrons. The van der Waals surface area contributed by atoms with Gasteiger partial charge in [0.25, 0.3) is 6.71 Å². The van der Waals surface area contributed by atoms with E-state index >= 15 is 0 Å². The molecular weight excluding hydrogens is 978 g/mol. The lowest BCUT2D eigenvalue weighted by Crippen LogP contribution is -2.62. The van der Waals surface area contributed by atoms with Gasteiger partial charge in [-0.25, -0.2) is 0 Å². The van der Waals surface area contributed by atoms with Gasteiger partial charge in [-0.15, -0.1) is 0 Å². The molecule has 8 aromatic rings. The first-order chi connectivity index (χ1) is 38.0. The number of nitrogens with zero attached hydrogens (tertiary/aromatic N) is 3. The highest BCUT2D eigenvalue weighted by molar-refractivity contribution is 7.00. The number of rotatable bonds is 5. The Morgan fingerprint density at radius 3 is 1.56 bits per heavy atom. The summed E-state index contributed by atoms with van der Waals surface area (Å²) in [5.41, 5.74) is 31.6. The van der Waals surface area contributed by atoms with Crippen LogP contribution in [-0.2, 0) is 37.9 Å². The zero-order valence-electron chi connectivity index (χ0n) is 52.1. The fraction of sp³-hybridized carbons (Fsp3) is 0.377. The van der Waals surface area contributed by atoms with Crippen molar-refractivity contribution >= 4 is 74.3 Å². The molecule has 0 spiro atoms. The lowest BCUT2D eigenvalue weighted by Gasteiger charge is -2.48. The lowest BCUT2D eigenvalue weighted by atomic mass is 9.33. The lowest BCUT2D eigenvalue weighted by molar-refractivity contribution is 0.332. The summed E-state index contributed by atoms with van der Waals surface area (Å²) in [7, 11) is 0. The molecule has 4 heteroatoms. The van der Waals surface area contributed by atoms with Gasteiger partial charge >= 0.3 is 0 Å². The zero-order chi connectivity index (χ0) is 57.5. The molecule has 2 heterocycles. The second kappa shape index (κ2) is 17.6. The monoisotopic (exact) mass is 1060 g/mol. The van der Waals surface area contributed by atoms with Crippen LogP contribution in [0.3, 0.4) is 0 Å². The number of para-hydroxylation sites is 2. The van der Waals surface area contributed by atoms with E-state index in [-0.39, 0.29) is 44.6 Å². The summed E-state index contributed by atoms with van der Waals surface area (Å²) in [6.07, 6.45) is 4.66. The average Bonchev–Trinajstić information content (AvgIpc) is 3.60. The minimum Gasteiger partial charge on any atom is -0.311 e. The zero-order valence-corrected chi connectivity index (χ0v) is 52.1. The van der Waals surface area contributed by atoms with Crippen molar-refractivity contribution in [2.75, 3.05) is 14.7 Å². The first-order valence-electron chi connectivity index (χ1n) is 30.5. The molecule has 0 unspecified atom stereocenters. The Morgan fingerprint density at radius 2 is 0.963 bits per heavy atom. The molecule has 5 aliphatic rings. The maximum absolute atomic E-state index is 2.76. The van der Waals surface area contributed by atoms with Crippen LogP contribution in [0.25, 0.3) is 11.1 Å². The van der Waals surface area contributed by atoms with E-state index in [9.17, 15) is 0 Å². The summed E-state index contributed by atoms with van der Waals surface area (Å²) < 4.78 is 0. The van der Waals surface area contributed by atoms with Crippen molar-refractivity contribution < 1.29 is 0 Å². The van der Waals surface area contributed by atoms with Gasteiger partial charge in [-0.3, -0.25) is 0 Å². The summed E-state index contributed by atoms with van der Waals surface area (Å²) in [4.78, 5) is 8.03. The SMILES string of the molecule is Cc1ccccc1N(c1ccc2c(c1)N(c1ccc(C(C)(C)C)c3c1-c1ccccc1C3(C)C)c1cc(C(C)(C)C)cc3c1B2c1cc2c(cc1N3c1ccc3c(c1)C(C)(C)CCC3(C)C)C(C)(C)CCC2(C)C)c1ccccc1C. The van der Waals surface area contributed by atoms with Gasteiger partial charge in [0.2, 0.25) is 0 Å². The topological polar surface area (TPSA) is 9.72 Å². The van der Waals surface area contributed by atoms with Crippen LogP contribution in [0.4, 0.5) is 51.2 Å². The van der Waals surface area contributed by atoms with Crippen LogP contribution >= 0.6 is 0 Å². The second-order valence-corrected chi connectivity index (χ2v) is 30.5. The molecular formula is C77H86BN3. The Labute approximate surface area is 486 Å². The van der Waals surface area contributed by atoms with E-state index in [0.29, 0.717) is 0 Å². The van der Waals surface area contributed by atoms with Crippen LogP contribution in [-0.4, -0.2) is 6.71 Å². The van der Waals surface area contributed by atoms with Crippen LogP contribution < -0.4 is 31.1 Å². The number of hydrogen-bond acceptors (Lipinski definition) is 3. The van der Waals surface area contributed by atoms with Crippen molar-refractivity contribution in [1.29, 1.82) is 0 Å². The molecule has 8 aromatic carbocycles. The summed E-state index contributed by atoms with van der Waals surface area (Å²) >= 11 is 0. The Balaban J connectivity index is 1.20. The van der Waals surface area contributed by atoms with Crippen molar-refractivity contribution in [1.82, 2.24) is 0 Å². The van der Waals surface area contributed by atoms with Crippen molar-refractivity contribution in [2.45, 2.75) is 188 Å². The Morgan fingerprint density at radius 1 is 0.432 bits per heavy atom. The fourth-order valence-electron chi connectivity index (χ4n) is 15.6. The Bertz CT molecular complexity index is 3890. The van der Waals surface area contributed by atoms with E-state index in [0.717, 1.165) is 24.9 Å². The first-order valence-corrected chi connectivity index (χ1v) is 30.5. The number of benzene rings is 8. The molecule has 0 bridgehead atoms. The van der Waals surface area contributed by atoms with Crippen molar-refractivity contribution in [3.8, 4) is 11.1 Å². The molecule has 3 aliphatic carbocycles. The molecule has 0 N–H and O–H groups in total. The van der Waals surface area contributed by atoms with E-state index < -0.39 is 0 Å². The smallest absolute Gasteiger partial charge is 0.252 e. The average molecular weight is 1060 g/mol. The van der Waals surface area contributed by atoms with Gasteiger partial charge in [0, 0.05) is 56.5 Å². The van der Waals surface area contributed by atoms with Gasteiger partial charge in [0.05, 0.1) is 5.69 Å². The fourth-order valence-corrected chi connectivity index (χ4v) is 15.6. The van der Waals surface area contributed by atoms with Gasteiger partial charge in [-0.1, -0.05) is 196 Å². The molecule has 13 rings (SSSR count). The van der Waals surface area contributed by atoms with Gasteiger partial charge in [-0.05, 0) is 210 Å². The Kier molecular flexibility index (Phi) is 11.6. The molecule has 412 valence electrons. The van der Waals surface area contributed by atoms with Gasteiger partial charge in [0.15, 0.2) is 0 Å². The summed E-state index contributed by atoms with van der Waals surface area (Å²) in [5, 5.41) is 0. The van der Waals surface area contributed by atoms with Gasteiger partial charge in [0.1, 0.15) is 0 Å². The van der Waals surface area contributed by atoms with E-state index in [1.54, 1.807) is 0 Å². The van der Waals surface area contributed by atoms with E-state index in [4.69, 9.17) is 0 Å². The highest BCUT2D eigenvalue weighted by atomic mass is 15.2. The van der Waals surface area contributed by atoms with E-state index in [2.05, 4.69) is 285 Å². The number of fused-ring (bicyclic) bond motifs is 9. The predicted molar refractivity (Wildman–Crippen MR) is 350 cm³/mol. The van der Waals surface area contributed by atoms with Crippen molar-refractivity contribution in [3.05, 3.63) is 201 Å². The molecule has 2 aliphatic heterocycles. The van der Waals surface area contributed by atoms with E-state index in [1.807, 2.05) is 0 Å².